The smallest absolute Gasteiger partial charge is 0.465 e. The third-order valence-corrected chi connectivity index (χ3v) is 8.86. The summed E-state index contributed by atoms with van der Waals surface area (Å²) in [7, 11) is 0. The Kier molecular flexibility index (Phi) is 10.8. The molecule has 0 fully saturated rings. The lowest BCUT2D eigenvalue weighted by Crippen LogP contribution is -2.49. The van der Waals surface area contributed by atoms with Gasteiger partial charge >= 0.3 is 18.8 Å². The number of non-ortho nitro benzene ring substituents is 1. The number of carbonyl (C=O) groups excluding carboxylic acids is 2. The minimum absolute atomic E-state index is 0.0589. The molecule has 5 aromatic rings. The average molecular weight is 792 g/mol. The maximum Gasteiger partial charge on any atom is 0.513 e. The Morgan fingerprint density at radius 2 is 1.77 bits per heavy atom. The lowest BCUT2D eigenvalue weighted by Gasteiger charge is -2.35. The highest BCUT2D eigenvalue weighted by atomic mass is 35.5. The van der Waals surface area contributed by atoms with Crippen molar-refractivity contribution in [3.63, 3.8) is 0 Å². The number of rotatable bonds is 11. The minimum Gasteiger partial charge on any atom is -0.465 e. The minimum atomic E-state index is -2.84. The Balaban J connectivity index is 1.42. The molecule has 3 aromatic carbocycles. The Hall–Kier alpha value is -6.76. The number of carbonyl (C=O) groups is 3. The van der Waals surface area contributed by atoms with Crippen LogP contribution in [-0.4, -0.2) is 70.2 Å². The fourth-order valence-corrected chi connectivity index (χ4v) is 6.43. The van der Waals surface area contributed by atoms with Gasteiger partial charge in [-0.05, 0) is 52.8 Å². The van der Waals surface area contributed by atoms with Gasteiger partial charge < -0.3 is 14.6 Å². The largest absolute Gasteiger partial charge is 0.513 e. The van der Waals surface area contributed by atoms with Crippen LogP contribution in [-0.2, 0) is 15.1 Å². The van der Waals surface area contributed by atoms with Crippen LogP contribution in [0.5, 0.6) is 5.75 Å². The summed E-state index contributed by atoms with van der Waals surface area (Å²) in [5.74, 6) is -1.15. The number of nitrogens with zero attached hydrogens (tertiary/aromatic N) is 8. The van der Waals surface area contributed by atoms with Gasteiger partial charge in [-0.25, -0.2) is 28.9 Å². The van der Waals surface area contributed by atoms with Crippen molar-refractivity contribution in [3.8, 4) is 22.6 Å². The molecular weight excluding hydrogens is 760 g/mol. The van der Waals surface area contributed by atoms with Crippen LogP contribution < -0.4 is 10.1 Å². The predicted molar refractivity (Wildman–Crippen MR) is 194 cm³/mol. The van der Waals surface area contributed by atoms with Gasteiger partial charge in [-0.1, -0.05) is 62.7 Å². The van der Waals surface area contributed by atoms with Crippen molar-refractivity contribution >= 4 is 41.4 Å². The van der Waals surface area contributed by atoms with Crippen molar-refractivity contribution < 1.29 is 42.7 Å². The molecule has 1 unspecified atom stereocenters. The first-order valence-corrected chi connectivity index (χ1v) is 17.0. The van der Waals surface area contributed by atoms with Crippen molar-refractivity contribution in [3.05, 3.63) is 118 Å². The van der Waals surface area contributed by atoms with E-state index >= 15 is 4.79 Å². The van der Waals surface area contributed by atoms with Crippen molar-refractivity contribution in [1.82, 2.24) is 34.8 Å². The number of aromatic nitrogens is 5. The summed E-state index contributed by atoms with van der Waals surface area (Å²) < 4.78 is 39.1. The number of hydrogen-bond acceptors (Lipinski definition) is 11. The topological polar surface area (TPSA) is 209 Å². The van der Waals surface area contributed by atoms with Crippen LogP contribution in [0.25, 0.3) is 16.8 Å². The number of aliphatic imine (C=N–C) groups is 1. The first kappa shape index (κ1) is 38.9. The molecule has 0 bridgehead atoms. The molecule has 2 N–H and O–H groups in total. The second-order valence-corrected chi connectivity index (χ2v) is 14.1. The van der Waals surface area contributed by atoms with E-state index in [4.69, 9.17) is 26.1 Å². The summed E-state index contributed by atoms with van der Waals surface area (Å²) in [4.78, 5) is 60.7. The van der Waals surface area contributed by atoms with E-state index in [0.29, 0.717) is 32.6 Å². The molecule has 56 heavy (non-hydrogen) atoms. The maximum absolute atomic E-state index is 15.2. The Labute approximate surface area is 321 Å². The van der Waals surface area contributed by atoms with E-state index in [1.165, 1.54) is 47.9 Å². The molecule has 0 radical (unpaired) electrons. The van der Waals surface area contributed by atoms with E-state index in [1.807, 2.05) is 20.8 Å². The number of nitro benzene ring substituents is 1. The number of hydrogen-bond donors (Lipinski definition) is 2. The first-order chi connectivity index (χ1) is 26.5. The predicted octanol–water partition coefficient (Wildman–Crippen LogP) is 7.14. The summed E-state index contributed by atoms with van der Waals surface area (Å²) in [6.45, 7) is 2.15. The summed E-state index contributed by atoms with van der Waals surface area (Å²) >= 11 is 6.53. The van der Waals surface area contributed by atoms with Gasteiger partial charge in [-0.3, -0.25) is 25.1 Å². The third-order valence-electron chi connectivity index (χ3n) is 8.54. The zero-order valence-electron chi connectivity index (χ0n) is 29.7. The standard InChI is InChI=1S/C36H32ClF2N9O8/c1-35(2,3)18-36(24-7-4-21(5-8-24)23-15-41-45(16-23)31(38)39)30(49)47(32(44-36)43-33(50)51)29(22-6-13-27(37)28(14-22)46-20-40-19-42-46)17-55-34(52)56-26-11-9-25(10-12-26)48(53)54/h4-16,19-20,29,31H,17-18H2,1-3H3,(H,43,44)(H,50,51)/t29-,36?/m1/s1. The van der Waals surface area contributed by atoms with Gasteiger partial charge in [0.2, 0.25) is 5.96 Å². The molecule has 2 amide bonds. The molecule has 0 spiro atoms. The van der Waals surface area contributed by atoms with Crippen LogP contribution >= 0.6 is 11.6 Å². The normalized spacial score (nSPS) is 16.1. The molecule has 1 aliphatic rings. The summed E-state index contributed by atoms with van der Waals surface area (Å²) in [6, 6.07) is 14.4. The van der Waals surface area contributed by atoms with Gasteiger partial charge in [0.05, 0.1) is 27.9 Å². The highest BCUT2D eigenvalue weighted by molar-refractivity contribution is 6.32. The number of halogens is 3. The van der Waals surface area contributed by atoms with Crippen LogP contribution in [0, 0.1) is 15.5 Å². The van der Waals surface area contributed by atoms with Crippen LogP contribution in [0.2, 0.25) is 5.02 Å². The number of nitrogens with one attached hydrogen (secondary N) is 1. The van der Waals surface area contributed by atoms with Crippen LogP contribution in [0.4, 0.5) is 24.1 Å². The third kappa shape index (κ3) is 8.31. The second kappa shape index (κ2) is 15.5. The van der Waals surface area contributed by atoms with Gasteiger partial charge in [0, 0.05) is 23.9 Å². The Morgan fingerprint density at radius 1 is 1.05 bits per heavy atom. The lowest BCUT2D eigenvalue weighted by molar-refractivity contribution is -0.384. The number of nitro groups is 1. The second-order valence-electron chi connectivity index (χ2n) is 13.7. The summed E-state index contributed by atoms with van der Waals surface area (Å²) in [5.41, 5.74) is -0.702. The average Bonchev–Trinajstić information content (AvgIpc) is 3.91. The molecule has 290 valence electrons. The zero-order valence-corrected chi connectivity index (χ0v) is 30.5. The van der Waals surface area contributed by atoms with Crippen molar-refractivity contribution in [2.24, 2.45) is 10.4 Å². The number of carboxylic acid groups (broad SMARTS) is 1. The summed E-state index contributed by atoms with van der Waals surface area (Å²) in [5, 5.41) is 31.3. The van der Waals surface area contributed by atoms with Gasteiger partial charge in [0.15, 0.2) is 5.54 Å². The fraction of sp³-hybridized carbons (Fsp3) is 0.250. The lowest BCUT2D eigenvalue weighted by atomic mass is 9.75. The quantitative estimate of drug-likeness (QED) is 0.0594. The van der Waals surface area contributed by atoms with Crippen LogP contribution in [0.3, 0.4) is 0 Å². The molecule has 17 nitrogen and oxygen atoms in total. The van der Waals surface area contributed by atoms with Gasteiger partial charge in [-0.15, -0.1) is 0 Å². The first-order valence-electron chi connectivity index (χ1n) is 16.6. The summed E-state index contributed by atoms with van der Waals surface area (Å²) in [6.07, 6.45) is 2.39. The van der Waals surface area contributed by atoms with Gasteiger partial charge in [0.25, 0.3) is 11.6 Å². The molecule has 6 rings (SSSR count). The Morgan fingerprint density at radius 3 is 2.36 bits per heavy atom. The van der Waals surface area contributed by atoms with Gasteiger partial charge in [-0.2, -0.15) is 19.0 Å². The number of amides is 2. The Bertz CT molecular complexity index is 2300. The van der Waals surface area contributed by atoms with Crippen molar-refractivity contribution in [2.75, 3.05) is 6.61 Å². The SMILES string of the molecule is CC(C)(C)CC1(c2ccc(-c3cnn(C(F)F)c3)cc2)N=C(NC(=O)O)N([C@H](COC(=O)Oc2ccc([N+](=O)[O-])cc2)c2ccc(Cl)c(-n3cncn3)c2)C1=O. The molecule has 2 atom stereocenters. The molecule has 20 heteroatoms. The van der Waals surface area contributed by atoms with E-state index in [1.54, 1.807) is 36.4 Å². The van der Waals surface area contributed by atoms with E-state index in [9.17, 15) is 33.6 Å². The molecule has 0 aliphatic carbocycles. The molecule has 3 heterocycles. The zero-order chi connectivity index (χ0) is 40.4. The molecule has 0 saturated heterocycles. The maximum atomic E-state index is 15.2. The molecule has 1 aliphatic heterocycles. The van der Waals surface area contributed by atoms with E-state index in [0.717, 1.165) is 17.0 Å². The molecule has 2 aromatic heterocycles. The van der Waals surface area contributed by atoms with E-state index in [-0.39, 0.29) is 28.8 Å². The molecule has 0 saturated carbocycles. The monoisotopic (exact) mass is 791 g/mol. The number of alkyl halides is 2. The van der Waals surface area contributed by atoms with Crippen molar-refractivity contribution in [1.29, 1.82) is 0 Å². The van der Waals surface area contributed by atoms with E-state index < -0.39 is 53.2 Å². The van der Waals surface area contributed by atoms with E-state index in [2.05, 4.69) is 20.5 Å². The highest BCUT2D eigenvalue weighted by Crippen LogP contribution is 2.46. The fourth-order valence-electron chi connectivity index (χ4n) is 6.23. The van der Waals surface area contributed by atoms with Crippen molar-refractivity contribution in [2.45, 2.75) is 45.3 Å². The highest BCUT2D eigenvalue weighted by Gasteiger charge is 2.54. The van der Waals surface area contributed by atoms with Gasteiger partial charge in [0.1, 0.15) is 25.0 Å². The number of guanidine groups is 1. The number of ether oxygens (including phenoxy) is 2. The van der Waals surface area contributed by atoms with Crippen LogP contribution in [0.15, 0.2) is 96.8 Å². The molecular formula is C36H32ClF2N9O8. The van der Waals surface area contributed by atoms with Crippen LogP contribution in [0.1, 0.15) is 50.9 Å². The number of benzene rings is 3.